The van der Waals surface area contributed by atoms with Crippen molar-refractivity contribution >= 4 is 29.9 Å². The van der Waals surface area contributed by atoms with Gasteiger partial charge in [-0.15, -0.1) is 24.0 Å². The molecule has 1 rings (SSSR count). The van der Waals surface area contributed by atoms with Crippen LogP contribution in [0.25, 0.3) is 0 Å². The molecule has 0 saturated heterocycles. The predicted molar refractivity (Wildman–Crippen MR) is 98.0 cm³/mol. The fourth-order valence-electron chi connectivity index (χ4n) is 1.68. The summed E-state index contributed by atoms with van der Waals surface area (Å²) in [6.45, 7) is 4.29. The van der Waals surface area contributed by atoms with Crippen LogP contribution in [-0.2, 0) is 10.9 Å². The number of nitrogens with two attached hydrogens (primary N) is 1. The Balaban J connectivity index is 0.00000529. The van der Waals surface area contributed by atoms with Gasteiger partial charge in [0.25, 0.3) is 0 Å². The molecular formula is C15H23F3IN3O2. The molecule has 0 radical (unpaired) electrons. The number of hydrogen-bond acceptors (Lipinski definition) is 3. The van der Waals surface area contributed by atoms with Crippen LogP contribution in [-0.4, -0.2) is 38.9 Å². The van der Waals surface area contributed by atoms with Crippen LogP contribution in [0, 0.1) is 0 Å². The second kappa shape index (κ2) is 12.2. The van der Waals surface area contributed by atoms with Crippen LogP contribution in [0.15, 0.2) is 29.3 Å². The van der Waals surface area contributed by atoms with Crippen molar-refractivity contribution in [1.29, 1.82) is 0 Å². The van der Waals surface area contributed by atoms with E-state index in [1.807, 2.05) is 6.92 Å². The van der Waals surface area contributed by atoms with E-state index >= 15 is 0 Å². The molecule has 0 saturated carbocycles. The lowest BCUT2D eigenvalue weighted by molar-refractivity contribution is -0.137. The fraction of sp³-hybridized carbons (Fsp3) is 0.533. The van der Waals surface area contributed by atoms with E-state index in [0.29, 0.717) is 26.3 Å². The number of benzene rings is 1. The molecular weight excluding hydrogens is 438 g/mol. The molecule has 5 nitrogen and oxygen atoms in total. The molecule has 24 heavy (non-hydrogen) atoms. The number of hydrogen-bond donors (Lipinski definition) is 2. The van der Waals surface area contributed by atoms with Crippen molar-refractivity contribution in [3.8, 4) is 5.75 Å². The van der Waals surface area contributed by atoms with Crippen LogP contribution >= 0.6 is 24.0 Å². The quantitative estimate of drug-likeness (QED) is 0.257. The molecule has 0 atom stereocenters. The minimum atomic E-state index is -4.38. The Labute approximate surface area is 156 Å². The lowest BCUT2D eigenvalue weighted by atomic mass is 10.2. The minimum Gasteiger partial charge on any atom is -0.492 e. The topological polar surface area (TPSA) is 68.9 Å². The zero-order valence-electron chi connectivity index (χ0n) is 13.4. The number of rotatable bonds is 9. The molecule has 0 aromatic heterocycles. The summed E-state index contributed by atoms with van der Waals surface area (Å²) in [4.78, 5) is 4.09. The smallest absolute Gasteiger partial charge is 0.416 e. The SMILES string of the molecule is CCOCCCN=C(N)NCCOc1cccc(C(F)(F)F)c1.I. The van der Waals surface area contributed by atoms with E-state index in [2.05, 4.69) is 10.3 Å². The van der Waals surface area contributed by atoms with Gasteiger partial charge in [0.2, 0.25) is 0 Å². The summed E-state index contributed by atoms with van der Waals surface area (Å²) in [7, 11) is 0. The highest BCUT2D eigenvalue weighted by atomic mass is 127. The van der Waals surface area contributed by atoms with Gasteiger partial charge in [-0.05, 0) is 31.5 Å². The molecule has 3 N–H and O–H groups in total. The Bertz CT molecular complexity index is 499. The van der Waals surface area contributed by atoms with Crippen molar-refractivity contribution in [3.63, 3.8) is 0 Å². The molecule has 0 heterocycles. The number of nitrogens with one attached hydrogen (secondary N) is 1. The van der Waals surface area contributed by atoms with Crippen LogP contribution in [0.4, 0.5) is 13.2 Å². The highest BCUT2D eigenvalue weighted by Crippen LogP contribution is 2.31. The summed E-state index contributed by atoms with van der Waals surface area (Å²) >= 11 is 0. The Hall–Kier alpha value is -1.23. The van der Waals surface area contributed by atoms with Crippen LogP contribution < -0.4 is 15.8 Å². The van der Waals surface area contributed by atoms with E-state index in [0.717, 1.165) is 18.6 Å². The van der Waals surface area contributed by atoms with Gasteiger partial charge in [0.05, 0.1) is 12.1 Å². The van der Waals surface area contributed by atoms with E-state index in [-0.39, 0.29) is 42.3 Å². The van der Waals surface area contributed by atoms with E-state index < -0.39 is 11.7 Å². The molecule has 0 unspecified atom stereocenters. The van der Waals surface area contributed by atoms with Gasteiger partial charge in [-0.3, -0.25) is 4.99 Å². The molecule has 1 aromatic rings. The summed E-state index contributed by atoms with van der Waals surface area (Å²) < 4.78 is 48.1. The van der Waals surface area contributed by atoms with E-state index in [4.69, 9.17) is 15.2 Å². The van der Waals surface area contributed by atoms with Crippen molar-refractivity contribution in [2.24, 2.45) is 10.7 Å². The molecule has 9 heteroatoms. The summed E-state index contributed by atoms with van der Waals surface area (Å²) in [6.07, 6.45) is -3.60. The van der Waals surface area contributed by atoms with Gasteiger partial charge in [0.1, 0.15) is 12.4 Å². The van der Waals surface area contributed by atoms with Gasteiger partial charge in [0, 0.05) is 19.8 Å². The molecule has 0 bridgehead atoms. The summed E-state index contributed by atoms with van der Waals surface area (Å²) in [5.41, 5.74) is 4.91. The number of alkyl halides is 3. The number of aliphatic imine (C=N–C) groups is 1. The van der Waals surface area contributed by atoms with Crippen molar-refractivity contribution in [1.82, 2.24) is 5.32 Å². The van der Waals surface area contributed by atoms with E-state index in [1.54, 1.807) is 0 Å². The molecule has 138 valence electrons. The number of ether oxygens (including phenoxy) is 2. The highest BCUT2D eigenvalue weighted by Gasteiger charge is 2.30. The predicted octanol–water partition coefficient (Wildman–Crippen LogP) is 3.03. The third-order valence-corrected chi connectivity index (χ3v) is 2.77. The van der Waals surface area contributed by atoms with Gasteiger partial charge in [-0.2, -0.15) is 13.2 Å². The first-order valence-electron chi connectivity index (χ1n) is 7.35. The lowest BCUT2D eigenvalue weighted by Gasteiger charge is -2.11. The fourth-order valence-corrected chi connectivity index (χ4v) is 1.68. The largest absolute Gasteiger partial charge is 0.492 e. The summed E-state index contributed by atoms with van der Waals surface area (Å²) in [5.74, 6) is 0.433. The van der Waals surface area contributed by atoms with E-state index in [9.17, 15) is 13.2 Å². The zero-order chi connectivity index (χ0) is 17.1. The molecule has 0 aliphatic heterocycles. The van der Waals surface area contributed by atoms with Gasteiger partial charge >= 0.3 is 6.18 Å². The van der Waals surface area contributed by atoms with Gasteiger partial charge in [-0.1, -0.05) is 6.07 Å². The standard InChI is InChI=1S/C15H22F3N3O2.HI/c1-2-22-9-4-7-20-14(19)21-8-10-23-13-6-3-5-12(11-13)15(16,17)18;/h3,5-6,11H,2,4,7-10H2,1H3,(H3,19,20,21);1H. The van der Waals surface area contributed by atoms with Crippen molar-refractivity contribution in [2.75, 3.05) is 32.9 Å². The van der Waals surface area contributed by atoms with Gasteiger partial charge < -0.3 is 20.5 Å². The minimum absolute atomic E-state index is 0. The maximum Gasteiger partial charge on any atom is 0.416 e. The molecule has 0 fully saturated rings. The summed E-state index contributed by atoms with van der Waals surface area (Å²) in [5, 5.41) is 2.83. The molecule has 0 aliphatic carbocycles. The number of halogens is 4. The second-order valence-electron chi connectivity index (χ2n) is 4.62. The normalized spacial score (nSPS) is 11.8. The lowest BCUT2D eigenvalue weighted by Crippen LogP contribution is -2.34. The van der Waals surface area contributed by atoms with Crippen molar-refractivity contribution in [2.45, 2.75) is 19.5 Å². The van der Waals surface area contributed by atoms with E-state index in [1.165, 1.54) is 12.1 Å². The van der Waals surface area contributed by atoms with Crippen molar-refractivity contribution in [3.05, 3.63) is 29.8 Å². The van der Waals surface area contributed by atoms with Crippen LogP contribution in [0.3, 0.4) is 0 Å². The molecule has 0 spiro atoms. The molecule has 0 amide bonds. The second-order valence-corrected chi connectivity index (χ2v) is 4.62. The van der Waals surface area contributed by atoms with Gasteiger partial charge in [-0.25, -0.2) is 0 Å². The van der Waals surface area contributed by atoms with Crippen LogP contribution in [0.2, 0.25) is 0 Å². The first-order valence-corrected chi connectivity index (χ1v) is 7.35. The maximum atomic E-state index is 12.5. The Morgan fingerprint density at radius 3 is 2.71 bits per heavy atom. The number of guanidine groups is 1. The number of nitrogens with zero attached hydrogens (tertiary/aromatic N) is 1. The monoisotopic (exact) mass is 461 g/mol. The van der Waals surface area contributed by atoms with Gasteiger partial charge in [0.15, 0.2) is 5.96 Å². The molecule has 1 aromatic carbocycles. The highest BCUT2D eigenvalue weighted by molar-refractivity contribution is 14.0. The Kier molecular flexibility index (Phi) is 11.6. The zero-order valence-corrected chi connectivity index (χ0v) is 15.8. The average molecular weight is 461 g/mol. The van der Waals surface area contributed by atoms with Crippen molar-refractivity contribution < 1.29 is 22.6 Å². The first kappa shape index (κ1) is 22.8. The van der Waals surface area contributed by atoms with Crippen LogP contribution in [0.1, 0.15) is 18.9 Å². The maximum absolute atomic E-state index is 12.5. The Morgan fingerprint density at radius 2 is 2.04 bits per heavy atom. The summed E-state index contributed by atoms with van der Waals surface area (Å²) in [6, 6.07) is 4.74. The first-order chi connectivity index (χ1) is 10.9. The average Bonchev–Trinajstić information content (AvgIpc) is 2.51. The third kappa shape index (κ3) is 9.81. The van der Waals surface area contributed by atoms with Crippen LogP contribution in [0.5, 0.6) is 5.75 Å². The Morgan fingerprint density at radius 1 is 1.29 bits per heavy atom. The molecule has 0 aliphatic rings. The third-order valence-electron chi connectivity index (χ3n) is 2.77.